The number of carboxylic acid groups (broad SMARTS) is 1. The van der Waals surface area contributed by atoms with E-state index in [0.29, 0.717) is 38.6 Å². The summed E-state index contributed by atoms with van der Waals surface area (Å²) in [5.41, 5.74) is 1.26. The van der Waals surface area contributed by atoms with Crippen LogP contribution in [0.3, 0.4) is 0 Å². The van der Waals surface area contributed by atoms with E-state index < -0.39 is 52.4 Å². The molecule has 14 heteroatoms. The van der Waals surface area contributed by atoms with Gasteiger partial charge in [-0.1, -0.05) is 12.1 Å². The van der Waals surface area contributed by atoms with Gasteiger partial charge in [0.25, 0.3) is 0 Å². The van der Waals surface area contributed by atoms with E-state index in [9.17, 15) is 32.5 Å². The van der Waals surface area contributed by atoms with Crippen molar-refractivity contribution in [2.24, 2.45) is 0 Å². The molecular weight excluding hydrogens is 585 g/mol. The Labute approximate surface area is 247 Å². The smallest absolute Gasteiger partial charge is 0.449 e. The van der Waals surface area contributed by atoms with Gasteiger partial charge in [-0.05, 0) is 72.7 Å². The number of pyridine rings is 2. The second kappa shape index (κ2) is 11.1. The third-order valence-corrected chi connectivity index (χ3v) is 9.05. The third-order valence-electron chi connectivity index (χ3n) is 7.66. The van der Waals surface area contributed by atoms with E-state index in [-0.39, 0.29) is 17.7 Å². The highest BCUT2D eigenvalue weighted by Crippen LogP contribution is 2.45. The lowest BCUT2D eigenvalue weighted by Gasteiger charge is -2.24. The summed E-state index contributed by atoms with van der Waals surface area (Å²) in [6.07, 6.45) is -1.36. The lowest BCUT2D eigenvalue weighted by Crippen LogP contribution is -2.38. The normalized spacial score (nSPS) is 18.2. The summed E-state index contributed by atoms with van der Waals surface area (Å²) < 4.78 is 61.6. The molecule has 1 saturated carbocycles. The first-order chi connectivity index (χ1) is 20.2. The molecule has 2 atom stereocenters. The highest BCUT2D eigenvalue weighted by atomic mass is 32.2. The molecule has 2 aliphatic rings. The molecule has 5 rings (SSSR count). The molecule has 3 aromatic rings. The van der Waals surface area contributed by atoms with E-state index in [4.69, 9.17) is 15.6 Å². The number of carbonyl (C=O) groups is 1. The molecule has 224 valence electrons. The maximum Gasteiger partial charge on any atom is 0.449 e. The lowest BCUT2D eigenvalue weighted by atomic mass is 9.85. The number of nitrogens with zero attached hydrogens (tertiary/aromatic N) is 4. The zero-order chi connectivity index (χ0) is 31.3. The van der Waals surface area contributed by atoms with Crippen LogP contribution < -0.4 is 10.2 Å². The number of ether oxygens (including phenoxy) is 1. The number of benzene rings is 1. The summed E-state index contributed by atoms with van der Waals surface area (Å²) in [5.74, 6) is -3.50. The van der Waals surface area contributed by atoms with E-state index >= 15 is 0 Å². The van der Waals surface area contributed by atoms with Crippen molar-refractivity contribution in [2.75, 3.05) is 6.54 Å². The summed E-state index contributed by atoms with van der Waals surface area (Å²) in [6, 6.07) is 9.91. The first kappa shape index (κ1) is 30.1. The Kier molecular flexibility index (Phi) is 7.74. The molecule has 1 spiro atoms. The number of aryl methyl sites for hydroxylation is 1. The Bertz CT molecular complexity index is 1780. The monoisotopic (exact) mass is 612 g/mol. The van der Waals surface area contributed by atoms with Gasteiger partial charge in [0.15, 0.2) is 0 Å². The molecule has 3 heterocycles. The maximum absolute atomic E-state index is 13.8. The fraction of sp³-hybridized carbons (Fsp3) is 0.345. The first-order valence-electron chi connectivity index (χ1n) is 13.2. The van der Waals surface area contributed by atoms with Crippen LogP contribution in [0.4, 0.5) is 13.2 Å². The fourth-order valence-electron chi connectivity index (χ4n) is 5.22. The summed E-state index contributed by atoms with van der Waals surface area (Å²) >= 11 is 0. The van der Waals surface area contributed by atoms with Crippen molar-refractivity contribution in [1.82, 2.24) is 13.9 Å². The first-order valence-corrected chi connectivity index (χ1v) is 14.3. The van der Waals surface area contributed by atoms with Crippen molar-refractivity contribution in [1.29, 1.82) is 16.1 Å². The average molecular weight is 613 g/mol. The standard InChI is InChI=1S/C29H27F3N6O4S/c1-16-9-23-26(36-13-16)42-28(6-7-28)15-37(43(23)41)14-20-10-18(3-4-19(20)12-33)22(11-24(39)40)21-5-8-38(25(34)17(21)2)27(35)29(30,31)32/h3-5,8-10,13,22,34-35H,6-7,11,14-15H2,1-2H3,(H,39,40). The molecule has 0 saturated heterocycles. The van der Waals surface area contributed by atoms with Crippen LogP contribution in [0.2, 0.25) is 0 Å². The zero-order valence-electron chi connectivity index (χ0n) is 23.2. The number of fused-ring (bicyclic) bond motifs is 1. The van der Waals surface area contributed by atoms with Crippen molar-refractivity contribution >= 4 is 22.8 Å². The Morgan fingerprint density at radius 3 is 2.63 bits per heavy atom. The molecule has 2 aromatic heterocycles. The Balaban J connectivity index is 1.55. The molecule has 1 fully saturated rings. The van der Waals surface area contributed by atoms with Gasteiger partial charge in [0.2, 0.25) is 11.7 Å². The average Bonchev–Trinajstić information content (AvgIpc) is 3.72. The Morgan fingerprint density at radius 1 is 1.28 bits per heavy atom. The van der Waals surface area contributed by atoms with Gasteiger partial charge >= 0.3 is 12.1 Å². The zero-order valence-corrected chi connectivity index (χ0v) is 24.0. The van der Waals surface area contributed by atoms with Crippen LogP contribution in [0.1, 0.15) is 58.6 Å². The van der Waals surface area contributed by atoms with Gasteiger partial charge < -0.3 is 9.84 Å². The number of hydrogen-bond acceptors (Lipinski definition) is 7. The molecule has 10 nitrogen and oxygen atoms in total. The van der Waals surface area contributed by atoms with E-state index in [0.717, 1.165) is 24.6 Å². The molecule has 1 aliphatic heterocycles. The number of alkyl halides is 3. The van der Waals surface area contributed by atoms with E-state index in [2.05, 4.69) is 11.1 Å². The lowest BCUT2D eigenvalue weighted by molar-refractivity contribution is -0.137. The van der Waals surface area contributed by atoms with Crippen LogP contribution in [-0.2, 0) is 22.3 Å². The topological polar surface area (TPSA) is 156 Å². The molecule has 0 bridgehead atoms. The van der Waals surface area contributed by atoms with Crippen LogP contribution in [0.15, 0.2) is 47.6 Å². The number of nitrogens with one attached hydrogen (secondary N) is 2. The van der Waals surface area contributed by atoms with Crippen molar-refractivity contribution in [3.05, 3.63) is 81.6 Å². The molecule has 43 heavy (non-hydrogen) atoms. The molecule has 2 unspecified atom stereocenters. The number of hydrogen-bond donors (Lipinski definition) is 3. The summed E-state index contributed by atoms with van der Waals surface area (Å²) in [6.45, 7) is 3.61. The quantitative estimate of drug-likeness (QED) is 0.279. The summed E-state index contributed by atoms with van der Waals surface area (Å²) in [5, 5.41) is 35.4. The van der Waals surface area contributed by atoms with Crippen LogP contribution in [0.25, 0.3) is 0 Å². The van der Waals surface area contributed by atoms with Crippen LogP contribution in [-0.4, -0.2) is 53.3 Å². The van der Waals surface area contributed by atoms with Gasteiger partial charge in [-0.25, -0.2) is 13.5 Å². The number of nitriles is 1. The Hall–Kier alpha value is -4.35. The summed E-state index contributed by atoms with van der Waals surface area (Å²) in [4.78, 5) is 16.7. The van der Waals surface area contributed by atoms with Crippen molar-refractivity contribution < 1.29 is 32.0 Å². The van der Waals surface area contributed by atoms with Crippen LogP contribution in [0.5, 0.6) is 5.88 Å². The molecule has 0 radical (unpaired) electrons. The predicted octanol–water partition coefficient (Wildman–Crippen LogP) is 4.30. The van der Waals surface area contributed by atoms with Gasteiger partial charge in [0.1, 0.15) is 27.0 Å². The summed E-state index contributed by atoms with van der Waals surface area (Å²) in [7, 11) is -1.68. The molecule has 0 amide bonds. The number of halogens is 3. The minimum Gasteiger partial charge on any atom is -0.481 e. The highest BCUT2D eigenvalue weighted by molar-refractivity contribution is 7.82. The minimum absolute atomic E-state index is 0.0713. The van der Waals surface area contributed by atoms with Crippen molar-refractivity contribution in [3.8, 4) is 11.9 Å². The number of rotatable bonds is 6. The molecule has 3 N–H and O–H groups in total. The number of carboxylic acids is 1. The minimum atomic E-state index is -4.98. The SMILES string of the molecule is Cc1cnc2c(c1)S(=O)N(Cc1cc(C(CC(=O)O)c3ccn(C(=N)C(F)(F)F)c(=N)c3C)ccc1C#N)CC1(CC1)O2. The predicted molar refractivity (Wildman–Crippen MR) is 148 cm³/mol. The van der Waals surface area contributed by atoms with Crippen LogP contribution in [0, 0.1) is 36.0 Å². The third kappa shape index (κ3) is 5.95. The molecule has 1 aromatic carbocycles. The molecular formula is C29H27F3N6O4S. The van der Waals surface area contributed by atoms with E-state index in [1.54, 1.807) is 28.7 Å². The van der Waals surface area contributed by atoms with Gasteiger partial charge in [-0.2, -0.15) is 18.4 Å². The number of aliphatic carboxylic acids is 1. The van der Waals surface area contributed by atoms with Gasteiger partial charge in [0, 0.05) is 24.9 Å². The number of aromatic nitrogens is 2. The Morgan fingerprint density at radius 2 is 2.00 bits per heavy atom. The van der Waals surface area contributed by atoms with E-state index in [1.165, 1.54) is 19.1 Å². The van der Waals surface area contributed by atoms with Gasteiger partial charge in [0.05, 0.1) is 24.6 Å². The second-order valence-electron chi connectivity index (χ2n) is 10.8. The van der Waals surface area contributed by atoms with Crippen molar-refractivity contribution in [2.45, 2.75) is 62.2 Å². The van der Waals surface area contributed by atoms with Gasteiger partial charge in [-0.15, -0.1) is 0 Å². The maximum atomic E-state index is 13.8. The fourth-order valence-corrected chi connectivity index (χ4v) is 6.63. The second-order valence-corrected chi connectivity index (χ2v) is 12.2. The van der Waals surface area contributed by atoms with E-state index in [1.807, 2.05) is 6.92 Å². The van der Waals surface area contributed by atoms with Crippen molar-refractivity contribution in [3.63, 3.8) is 0 Å². The van der Waals surface area contributed by atoms with Crippen LogP contribution >= 0.6 is 0 Å². The van der Waals surface area contributed by atoms with Gasteiger partial charge in [-0.3, -0.25) is 20.2 Å². The highest BCUT2D eigenvalue weighted by Gasteiger charge is 2.50. The largest absolute Gasteiger partial charge is 0.481 e. The molecule has 1 aliphatic carbocycles.